The molecule has 1 amide bonds. The Balaban J connectivity index is 1.41. The van der Waals surface area contributed by atoms with Crippen LogP contribution in [0.5, 0.6) is 0 Å². The molecule has 0 spiro atoms. The van der Waals surface area contributed by atoms with Crippen LogP contribution in [0, 0.1) is 11.8 Å². The number of carbonyl (C=O) groups excluding carboxylic acids is 1. The molecule has 2 saturated carbocycles. The zero-order chi connectivity index (χ0) is 19.6. The quantitative estimate of drug-likeness (QED) is 0.766. The normalized spacial score (nSPS) is 31.8. The number of aromatic nitrogens is 1. The van der Waals surface area contributed by atoms with Gasteiger partial charge in [0.2, 0.25) is 5.91 Å². The molecular weight excluding hydrogens is 378 g/mol. The molecule has 3 atom stereocenters. The Morgan fingerprint density at radius 3 is 2.93 bits per heavy atom. The number of benzene rings is 1. The second kappa shape index (κ2) is 6.78. The van der Waals surface area contributed by atoms with Crippen LogP contribution in [-0.2, 0) is 16.6 Å². The van der Waals surface area contributed by atoms with Crippen molar-refractivity contribution in [3.63, 3.8) is 0 Å². The Kier molecular flexibility index (Phi) is 4.28. The lowest BCUT2D eigenvalue weighted by atomic mass is 9.52. The van der Waals surface area contributed by atoms with Crippen molar-refractivity contribution >= 4 is 32.6 Å². The summed E-state index contributed by atoms with van der Waals surface area (Å²) in [4.78, 5) is 19.1. The first-order chi connectivity index (χ1) is 14.1. The van der Waals surface area contributed by atoms with Gasteiger partial charge >= 0.3 is 0 Å². The van der Waals surface area contributed by atoms with E-state index in [9.17, 15) is 4.79 Å². The maximum absolute atomic E-state index is 11.5. The summed E-state index contributed by atoms with van der Waals surface area (Å²) in [7, 11) is 0. The van der Waals surface area contributed by atoms with E-state index < -0.39 is 0 Å². The molecule has 2 bridgehead atoms. The molecule has 1 aromatic heterocycles. The van der Waals surface area contributed by atoms with Crippen molar-refractivity contribution in [3.8, 4) is 0 Å². The molecule has 6 rings (SSSR count). The number of hydrogen-bond acceptors (Lipinski definition) is 4. The van der Waals surface area contributed by atoms with Gasteiger partial charge in [-0.1, -0.05) is 30.6 Å². The fourth-order valence-corrected chi connectivity index (χ4v) is 7.91. The molecule has 5 heteroatoms. The second-order valence-electron chi connectivity index (χ2n) is 10.00. The van der Waals surface area contributed by atoms with Crippen LogP contribution in [0.1, 0.15) is 69.4 Å². The largest absolute Gasteiger partial charge is 0.302 e. The Morgan fingerprint density at radius 2 is 2.14 bits per heavy atom. The Labute approximate surface area is 177 Å². The number of rotatable bonds is 3. The fourth-order valence-electron chi connectivity index (χ4n) is 6.95. The zero-order valence-corrected chi connectivity index (χ0v) is 18.2. The monoisotopic (exact) mass is 409 g/mol. The first-order valence-electron chi connectivity index (χ1n) is 11.6. The van der Waals surface area contributed by atoms with Gasteiger partial charge in [-0.2, -0.15) is 0 Å². The maximum Gasteiger partial charge on any atom is 0.223 e. The Bertz CT molecular complexity index is 964. The van der Waals surface area contributed by atoms with E-state index >= 15 is 0 Å². The molecule has 3 fully saturated rings. The number of thiazole rings is 1. The number of piperidine rings is 1. The molecule has 2 heterocycles. The molecular formula is C24H31N3OS. The highest BCUT2D eigenvalue weighted by Gasteiger charge is 2.54. The minimum atomic E-state index is -0.0396. The van der Waals surface area contributed by atoms with Gasteiger partial charge in [0.05, 0.1) is 10.2 Å². The van der Waals surface area contributed by atoms with Gasteiger partial charge in [0, 0.05) is 24.9 Å². The van der Waals surface area contributed by atoms with Crippen LogP contribution in [0.25, 0.3) is 10.2 Å². The third kappa shape index (κ3) is 2.88. The van der Waals surface area contributed by atoms with Gasteiger partial charge in [-0.05, 0) is 80.2 Å². The van der Waals surface area contributed by atoms with E-state index in [1.165, 1.54) is 75.6 Å². The van der Waals surface area contributed by atoms with Crippen molar-refractivity contribution in [1.29, 1.82) is 0 Å². The highest BCUT2D eigenvalue weighted by molar-refractivity contribution is 7.22. The van der Waals surface area contributed by atoms with Crippen LogP contribution in [0.3, 0.4) is 0 Å². The molecule has 154 valence electrons. The summed E-state index contributed by atoms with van der Waals surface area (Å²) in [5.41, 5.74) is 4.62. The van der Waals surface area contributed by atoms with Gasteiger partial charge in [0.15, 0.2) is 5.13 Å². The number of amides is 1. The van der Waals surface area contributed by atoms with Crippen molar-refractivity contribution < 1.29 is 4.79 Å². The summed E-state index contributed by atoms with van der Waals surface area (Å²) in [5.74, 6) is 1.74. The van der Waals surface area contributed by atoms with Crippen molar-refractivity contribution in [2.45, 2.75) is 76.2 Å². The molecule has 0 radical (unpaired) electrons. The van der Waals surface area contributed by atoms with Gasteiger partial charge in [-0.3, -0.25) is 9.69 Å². The Hall–Kier alpha value is -1.46. The van der Waals surface area contributed by atoms with Gasteiger partial charge in [-0.25, -0.2) is 4.98 Å². The minimum absolute atomic E-state index is 0.0396. The van der Waals surface area contributed by atoms with Gasteiger partial charge in [0.25, 0.3) is 0 Å². The third-order valence-corrected chi connectivity index (χ3v) is 9.39. The number of nitrogens with zero attached hydrogens (tertiary/aromatic N) is 2. The second-order valence-corrected chi connectivity index (χ2v) is 11.0. The smallest absolute Gasteiger partial charge is 0.223 e. The Morgan fingerprint density at radius 1 is 1.24 bits per heavy atom. The van der Waals surface area contributed by atoms with Gasteiger partial charge < -0.3 is 5.32 Å². The maximum atomic E-state index is 11.5. The van der Waals surface area contributed by atoms with Crippen molar-refractivity contribution in [2.75, 3.05) is 18.4 Å². The lowest BCUT2D eigenvalue weighted by Crippen LogP contribution is -2.61. The van der Waals surface area contributed by atoms with Crippen LogP contribution in [0.2, 0.25) is 0 Å². The van der Waals surface area contributed by atoms with Crippen molar-refractivity contribution in [2.24, 2.45) is 11.8 Å². The van der Waals surface area contributed by atoms with E-state index in [0.717, 1.165) is 28.5 Å². The van der Waals surface area contributed by atoms with E-state index in [2.05, 4.69) is 22.3 Å². The third-order valence-electron chi connectivity index (χ3n) is 8.46. The van der Waals surface area contributed by atoms with Crippen LogP contribution in [0.4, 0.5) is 5.13 Å². The number of likely N-dealkylation sites (tertiary alicyclic amines) is 1. The highest BCUT2D eigenvalue weighted by atomic mass is 32.1. The minimum Gasteiger partial charge on any atom is -0.302 e. The van der Waals surface area contributed by atoms with E-state index in [-0.39, 0.29) is 5.91 Å². The number of hydrogen-bond donors (Lipinski definition) is 1. The molecule has 4 nitrogen and oxygen atoms in total. The van der Waals surface area contributed by atoms with Crippen molar-refractivity contribution in [1.82, 2.24) is 9.88 Å². The molecule has 1 N–H and O–H groups in total. The summed E-state index contributed by atoms with van der Waals surface area (Å²) in [6.07, 6.45) is 12.4. The molecule has 4 aliphatic rings. The van der Waals surface area contributed by atoms with E-state index in [1.807, 2.05) is 0 Å². The summed E-state index contributed by atoms with van der Waals surface area (Å²) < 4.78 is 1.22. The highest BCUT2D eigenvalue weighted by Crippen LogP contribution is 2.56. The summed E-state index contributed by atoms with van der Waals surface area (Å²) in [6.45, 7) is 4.17. The fraction of sp³-hybridized carbons (Fsp3) is 0.667. The topological polar surface area (TPSA) is 45.2 Å². The van der Waals surface area contributed by atoms with Crippen LogP contribution in [0.15, 0.2) is 12.1 Å². The van der Waals surface area contributed by atoms with Crippen LogP contribution >= 0.6 is 11.3 Å². The average molecular weight is 410 g/mol. The first-order valence-corrected chi connectivity index (χ1v) is 12.4. The molecule has 1 aliphatic heterocycles. The lowest BCUT2D eigenvalue weighted by Gasteiger charge is -2.59. The van der Waals surface area contributed by atoms with E-state index in [1.54, 1.807) is 29.4 Å². The predicted octanol–water partition coefficient (Wildman–Crippen LogP) is 5.11. The van der Waals surface area contributed by atoms with E-state index in [4.69, 9.17) is 4.98 Å². The van der Waals surface area contributed by atoms with Crippen LogP contribution in [-0.4, -0.2) is 34.9 Å². The zero-order valence-electron chi connectivity index (χ0n) is 17.4. The molecule has 0 unspecified atom stereocenters. The summed E-state index contributed by atoms with van der Waals surface area (Å²) >= 11 is 1.62. The molecule has 3 aliphatic carbocycles. The number of carbonyl (C=O) groups is 1. The lowest BCUT2D eigenvalue weighted by molar-refractivity contribution is -0.114. The van der Waals surface area contributed by atoms with Gasteiger partial charge in [0.1, 0.15) is 0 Å². The summed E-state index contributed by atoms with van der Waals surface area (Å²) in [6, 6.07) is 5.56. The molecule has 1 saturated heterocycles. The number of fused-ring (bicyclic) bond motifs is 2. The van der Waals surface area contributed by atoms with Crippen molar-refractivity contribution in [3.05, 3.63) is 23.3 Å². The van der Waals surface area contributed by atoms with E-state index in [0.29, 0.717) is 5.41 Å². The average Bonchev–Trinajstić information content (AvgIpc) is 3.05. The molecule has 1 aromatic carbocycles. The standard InChI is InChI=1S/C24H31N3OS/c1-15(28)25-23-26-20-13-19-17(12-22(20)29-23)11-21-18-7-2-3-8-24(18,19)9-10-27(21)14-16-5-4-6-16/h12-13,16,18,21H,2-11,14H2,1H3,(H,25,26,28)/t18-,21+,24+/m0/s1. The first kappa shape index (κ1) is 18.3. The molecule has 2 aromatic rings. The van der Waals surface area contributed by atoms with Crippen LogP contribution < -0.4 is 5.32 Å². The molecule has 29 heavy (non-hydrogen) atoms. The predicted molar refractivity (Wildman–Crippen MR) is 119 cm³/mol. The SMILES string of the molecule is CC(=O)Nc1nc2cc3c(cc2s1)C[C@@H]1[C@@H]2CCCC[C@]32CCN1CC1CCC1. The number of nitrogens with one attached hydrogen (secondary N) is 1. The van der Waals surface area contributed by atoms with Gasteiger partial charge in [-0.15, -0.1) is 0 Å². The summed E-state index contributed by atoms with van der Waals surface area (Å²) in [5, 5.41) is 3.63. The number of anilines is 1.